The normalized spacial score (nSPS) is 12.4. The number of hydrogen-bond donors (Lipinski definition) is 1. The largest absolute Gasteiger partial charge is 0.481 e. The van der Waals surface area contributed by atoms with Crippen molar-refractivity contribution in [2.45, 2.75) is 38.0 Å². The van der Waals surface area contributed by atoms with E-state index in [1.165, 1.54) is 11.8 Å². The minimum atomic E-state index is -0.844. The third kappa shape index (κ3) is 4.59. The Hall–Kier alpha value is -0.890. The van der Waals surface area contributed by atoms with Crippen molar-refractivity contribution < 1.29 is 9.90 Å². The maximum absolute atomic E-state index is 10.6. The predicted octanol–water partition coefficient (Wildman–Crippen LogP) is 2.05. The van der Waals surface area contributed by atoms with Gasteiger partial charge in [-0.2, -0.15) is 11.8 Å². The summed E-state index contributed by atoms with van der Waals surface area (Å²) in [6.07, 6.45) is 3.17. The van der Waals surface area contributed by atoms with Gasteiger partial charge in [-0.05, 0) is 32.3 Å². The summed E-state index contributed by atoms with van der Waals surface area (Å²) in [6, 6.07) is 0.370. The number of rotatable bonds is 9. The Balaban J connectivity index is 2.81. The molecule has 0 aliphatic heterocycles. The summed E-state index contributed by atoms with van der Waals surface area (Å²) >= 11 is 3.04. The Morgan fingerprint density at radius 2 is 2.20 bits per heavy atom. The van der Waals surface area contributed by atoms with Crippen LogP contribution in [-0.4, -0.2) is 56.7 Å². The number of nitrogens with zero attached hydrogens (tertiary/aromatic N) is 4. The zero-order valence-corrected chi connectivity index (χ0v) is 14.0. The van der Waals surface area contributed by atoms with E-state index in [2.05, 4.69) is 28.3 Å². The lowest BCUT2D eigenvalue weighted by molar-refractivity contribution is -0.133. The van der Waals surface area contributed by atoms with Crippen molar-refractivity contribution in [1.29, 1.82) is 0 Å². The summed E-state index contributed by atoms with van der Waals surface area (Å²) < 4.78 is 1.96. The third-order valence-corrected chi connectivity index (χ3v) is 4.65. The van der Waals surface area contributed by atoms with Crippen LogP contribution in [0.3, 0.4) is 0 Å². The molecule has 1 aromatic heterocycles. The van der Waals surface area contributed by atoms with Crippen LogP contribution in [0, 0.1) is 0 Å². The Morgan fingerprint density at radius 3 is 2.75 bits per heavy atom. The minimum absolute atomic E-state index is 0.00385. The summed E-state index contributed by atoms with van der Waals surface area (Å²) in [5.74, 6) is 1.06. The number of thioether (sulfide) groups is 2. The van der Waals surface area contributed by atoms with Crippen LogP contribution in [-0.2, 0) is 11.3 Å². The quantitative estimate of drug-likeness (QED) is 0.699. The minimum Gasteiger partial charge on any atom is -0.481 e. The van der Waals surface area contributed by atoms with Crippen LogP contribution in [0.4, 0.5) is 5.95 Å². The molecule has 1 unspecified atom stereocenters. The molecule has 0 bridgehead atoms. The Bertz CT molecular complexity index is 439. The van der Waals surface area contributed by atoms with Crippen LogP contribution in [0.5, 0.6) is 0 Å². The highest BCUT2D eigenvalue weighted by Crippen LogP contribution is 2.23. The number of carboxylic acid groups (broad SMARTS) is 1. The van der Waals surface area contributed by atoms with Crippen LogP contribution >= 0.6 is 23.5 Å². The fourth-order valence-corrected chi connectivity index (χ4v) is 3.03. The van der Waals surface area contributed by atoms with Gasteiger partial charge in [0.05, 0.1) is 5.75 Å². The summed E-state index contributed by atoms with van der Waals surface area (Å²) in [5, 5.41) is 17.7. The van der Waals surface area contributed by atoms with Crippen molar-refractivity contribution in [1.82, 2.24) is 14.8 Å². The predicted molar refractivity (Wildman–Crippen MR) is 84.9 cm³/mol. The number of carbonyl (C=O) groups is 1. The van der Waals surface area contributed by atoms with E-state index in [1.807, 2.05) is 30.3 Å². The highest BCUT2D eigenvalue weighted by Gasteiger charge is 2.19. The van der Waals surface area contributed by atoms with Crippen molar-refractivity contribution in [2.75, 3.05) is 29.7 Å². The first-order valence-corrected chi connectivity index (χ1v) is 8.88. The van der Waals surface area contributed by atoms with Crippen LogP contribution in [0.15, 0.2) is 5.16 Å². The fourth-order valence-electron chi connectivity index (χ4n) is 1.73. The summed E-state index contributed by atoms with van der Waals surface area (Å²) in [6.45, 7) is 4.90. The van der Waals surface area contributed by atoms with Crippen molar-refractivity contribution in [3.8, 4) is 0 Å². The van der Waals surface area contributed by atoms with E-state index in [9.17, 15) is 4.79 Å². The first-order chi connectivity index (χ1) is 9.51. The Kier molecular flexibility index (Phi) is 7.22. The highest BCUT2D eigenvalue weighted by atomic mass is 32.2. The smallest absolute Gasteiger partial charge is 0.313 e. The van der Waals surface area contributed by atoms with Gasteiger partial charge >= 0.3 is 5.97 Å². The monoisotopic (exact) mass is 318 g/mol. The molecule has 6 nitrogen and oxygen atoms in total. The van der Waals surface area contributed by atoms with E-state index < -0.39 is 5.97 Å². The van der Waals surface area contributed by atoms with Crippen LogP contribution in [0.2, 0.25) is 0 Å². The first-order valence-electron chi connectivity index (χ1n) is 6.50. The van der Waals surface area contributed by atoms with Gasteiger partial charge in [-0.15, -0.1) is 10.2 Å². The molecule has 0 radical (unpaired) electrons. The third-order valence-electron chi connectivity index (χ3n) is 3.05. The van der Waals surface area contributed by atoms with Crippen LogP contribution in [0.25, 0.3) is 0 Å². The van der Waals surface area contributed by atoms with Gasteiger partial charge in [-0.25, -0.2) is 0 Å². The summed E-state index contributed by atoms with van der Waals surface area (Å²) in [4.78, 5) is 12.8. The molecule has 8 heteroatoms. The molecular weight excluding hydrogens is 296 g/mol. The lowest BCUT2D eigenvalue weighted by atomic mass is 10.2. The van der Waals surface area contributed by atoms with Gasteiger partial charge in [-0.3, -0.25) is 9.36 Å². The molecule has 1 aromatic rings. The molecule has 1 heterocycles. The maximum atomic E-state index is 10.6. The van der Waals surface area contributed by atoms with Crippen LogP contribution < -0.4 is 4.90 Å². The van der Waals surface area contributed by atoms with Crippen LogP contribution in [0.1, 0.15) is 20.3 Å². The zero-order chi connectivity index (χ0) is 15.1. The summed E-state index contributed by atoms with van der Waals surface area (Å²) in [5.41, 5.74) is 0. The lowest BCUT2D eigenvalue weighted by Crippen LogP contribution is -2.31. The number of hydrogen-bond acceptors (Lipinski definition) is 6. The van der Waals surface area contributed by atoms with Gasteiger partial charge in [0.15, 0.2) is 5.16 Å². The van der Waals surface area contributed by atoms with Gasteiger partial charge in [0, 0.05) is 19.6 Å². The second-order valence-corrected chi connectivity index (χ2v) is 6.38. The van der Waals surface area contributed by atoms with Crippen molar-refractivity contribution in [2.24, 2.45) is 0 Å². The molecule has 0 amide bonds. The SMILES string of the molecule is CCn1c(SCC(=O)O)nnc1N(C)C(C)CCSC. The molecule has 1 rings (SSSR count). The van der Waals surface area contributed by atoms with E-state index in [0.717, 1.165) is 24.7 Å². The molecule has 20 heavy (non-hydrogen) atoms. The van der Waals surface area contributed by atoms with E-state index >= 15 is 0 Å². The standard InChI is InChI=1S/C12H22N4O2S2/c1-5-16-11(15(3)9(2)6-7-19-4)13-14-12(16)20-8-10(17)18/h9H,5-8H2,1-4H3,(H,17,18). The fraction of sp³-hybridized carbons (Fsp3) is 0.750. The average Bonchev–Trinajstić information content (AvgIpc) is 2.84. The second-order valence-electron chi connectivity index (χ2n) is 4.45. The molecule has 1 N–H and O–H groups in total. The summed E-state index contributed by atoms with van der Waals surface area (Å²) in [7, 11) is 2.01. The van der Waals surface area contributed by atoms with Gasteiger partial charge in [0.2, 0.25) is 5.95 Å². The van der Waals surface area contributed by atoms with Crippen molar-refractivity contribution in [3.05, 3.63) is 0 Å². The van der Waals surface area contributed by atoms with E-state index in [0.29, 0.717) is 11.2 Å². The number of aromatic nitrogens is 3. The highest BCUT2D eigenvalue weighted by molar-refractivity contribution is 7.99. The van der Waals surface area contributed by atoms with E-state index in [-0.39, 0.29) is 5.75 Å². The molecule has 0 saturated carbocycles. The van der Waals surface area contributed by atoms with E-state index in [4.69, 9.17) is 5.11 Å². The maximum Gasteiger partial charge on any atom is 0.313 e. The molecule has 1 atom stereocenters. The molecular formula is C12H22N4O2S2. The molecule has 0 aliphatic carbocycles. The molecule has 0 aliphatic rings. The van der Waals surface area contributed by atoms with Gasteiger partial charge in [-0.1, -0.05) is 11.8 Å². The lowest BCUT2D eigenvalue weighted by Gasteiger charge is -2.25. The van der Waals surface area contributed by atoms with Gasteiger partial charge in [0.25, 0.3) is 0 Å². The molecule has 0 spiro atoms. The van der Waals surface area contributed by atoms with Gasteiger partial charge in [0.1, 0.15) is 0 Å². The first kappa shape index (κ1) is 17.2. The molecule has 114 valence electrons. The number of carboxylic acids is 1. The average molecular weight is 318 g/mol. The van der Waals surface area contributed by atoms with Gasteiger partial charge < -0.3 is 10.0 Å². The second kappa shape index (κ2) is 8.41. The van der Waals surface area contributed by atoms with E-state index in [1.54, 1.807) is 0 Å². The number of aliphatic carboxylic acids is 1. The molecule has 0 aromatic carbocycles. The van der Waals surface area contributed by atoms with Crippen molar-refractivity contribution >= 4 is 35.4 Å². The Labute approximate surface area is 128 Å². The van der Waals surface area contributed by atoms with Crippen molar-refractivity contribution in [3.63, 3.8) is 0 Å². The number of anilines is 1. The zero-order valence-electron chi connectivity index (χ0n) is 12.4. The topological polar surface area (TPSA) is 71.2 Å². The molecule has 0 saturated heterocycles. The molecule has 0 fully saturated rings. The Morgan fingerprint density at radius 1 is 1.50 bits per heavy atom.